The fourth-order valence-corrected chi connectivity index (χ4v) is 2.89. The summed E-state index contributed by atoms with van der Waals surface area (Å²) in [5, 5.41) is 9.64. The molecule has 0 radical (unpaired) electrons. The van der Waals surface area contributed by atoms with Gasteiger partial charge in [0.15, 0.2) is 0 Å². The van der Waals surface area contributed by atoms with Crippen molar-refractivity contribution in [1.29, 1.82) is 0 Å². The lowest BCUT2D eigenvalue weighted by atomic mass is 10.1. The van der Waals surface area contributed by atoms with E-state index in [1.807, 2.05) is 36.7 Å². The van der Waals surface area contributed by atoms with Gasteiger partial charge >= 0.3 is 0 Å². The zero-order chi connectivity index (χ0) is 15.9. The van der Waals surface area contributed by atoms with Gasteiger partial charge in [0.2, 0.25) is 0 Å². The Balaban J connectivity index is 1.71. The molecule has 0 bridgehead atoms. The number of aromatic nitrogens is 6. The summed E-state index contributed by atoms with van der Waals surface area (Å²) in [6.45, 7) is 0. The van der Waals surface area contributed by atoms with Crippen LogP contribution < -0.4 is 0 Å². The lowest BCUT2D eigenvalue weighted by Gasteiger charge is -2.00. The van der Waals surface area contributed by atoms with Gasteiger partial charge in [-0.1, -0.05) is 0 Å². The van der Waals surface area contributed by atoms with Crippen LogP contribution in [0.4, 0.5) is 0 Å². The van der Waals surface area contributed by atoms with Crippen molar-refractivity contribution in [3.05, 3.63) is 61.3 Å². The molecule has 5 aromatic rings. The van der Waals surface area contributed by atoms with Gasteiger partial charge in [0, 0.05) is 34.9 Å². The normalized spacial score (nSPS) is 11.3. The summed E-state index contributed by atoms with van der Waals surface area (Å²) in [5.41, 5.74) is 5.56. The van der Waals surface area contributed by atoms with Gasteiger partial charge in [0.05, 0.1) is 34.8 Å². The Labute approximate surface area is 136 Å². The molecule has 0 fully saturated rings. The minimum absolute atomic E-state index is 0.869. The van der Waals surface area contributed by atoms with Crippen molar-refractivity contribution in [2.75, 3.05) is 0 Å². The largest absolute Gasteiger partial charge is 0.352 e. The average molecular weight is 312 g/mol. The predicted molar refractivity (Wildman–Crippen MR) is 92.2 cm³/mol. The van der Waals surface area contributed by atoms with Crippen LogP contribution in [0.1, 0.15) is 0 Å². The molecule has 5 aromatic heterocycles. The highest BCUT2D eigenvalue weighted by Gasteiger charge is 2.12. The minimum Gasteiger partial charge on any atom is -0.352 e. The fraction of sp³-hybridized carbons (Fsp3) is 0. The maximum absolute atomic E-state index is 4.50. The molecule has 0 unspecified atom stereocenters. The number of nitrogens with one attached hydrogen (secondary N) is 2. The quantitative estimate of drug-likeness (QED) is 0.522. The number of nitrogens with zero attached hydrogens (tertiary/aromatic N) is 4. The van der Waals surface area contributed by atoms with Gasteiger partial charge < -0.3 is 4.98 Å². The van der Waals surface area contributed by atoms with Gasteiger partial charge in [0.25, 0.3) is 0 Å². The van der Waals surface area contributed by atoms with Gasteiger partial charge in [-0.25, -0.2) is 0 Å². The summed E-state index contributed by atoms with van der Waals surface area (Å²) in [7, 11) is 0. The van der Waals surface area contributed by atoms with Crippen LogP contribution in [-0.2, 0) is 0 Å². The Hall–Kier alpha value is -3.54. The SMILES string of the molecule is c1cncc(-c2cc3c(-c4cc5ccncc5[nH]4)n[nH]c3cn2)c1. The van der Waals surface area contributed by atoms with E-state index in [0.29, 0.717) is 0 Å². The number of aromatic amines is 2. The molecule has 0 saturated heterocycles. The lowest BCUT2D eigenvalue weighted by molar-refractivity contribution is 1.11. The zero-order valence-electron chi connectivity index (χ0n) is 12.6. The monoisotopic (exact) mass is 312 g/mol. The Morgan fingerprint density at radius 1 is 0.875 bits per heavy atom. The van der Waals surface area contributed by atoms with Crippen LogP contribution >= 0.6 is 0 Å². The fourth-order valence-electron chi connectivity index (χ4n) is 2.89. The third-order valence-corrected chi connectivity index (χ3v) is 4.08. The number of fused-ring (bicyclic) bond motifs is 2. The molecule has 6 nitrogen and oxygen atoms in total. The van der Waals surface area contributed by atoms with Gasteiger partial charge in [-0.2, -0.15) is 5.10 Å². The molecular formula is C18H12N6. The standard InChI is InChI=1S/C18H12N6/c1-2-12(8-19-4-1)14-7-13-17(10-21-14)23-24-18(13)15-6-11-3-5-20-9-16(11)22-15/h1-10,22H,(H,23,24). The molecule has 6 heteroatoms. The summed E-state index contributed by atoms with van der Waals surface area (Å²) in [6.07, 6.45) is 8.97. The topological polar surface area (TPSA) is 83.1 Å². The van der Waals surface area contributed by atoms with Gasteiger partial charge in [0.1, 0.15) is 5.69 Å². The molecule has 2 N–H and O–H groups in total. The molecule has 0 amide bonds. The molecule has 0 atom stereocenters. The third kappa shape index (κ3) is 1.97. The van der Waals surface area contributed by atoms with Crippen LogP contribution in [0.15, 0.2) is 61.3 Å². The first-order chi connectivity index (χ1) is 11.9. The maximum Gasteiger partial charge on any atom is 0.116 e. The number of H-pyrrole nitrogens is 2. The van der Waals surface area contributed by atoms with E-state index in [9.17, 15) is 0 Å². The van der Waals surface area contributed by atoms with E-state index in [4.69, 9.17) is 0 Å². The second-order valence-electron chi connectivity index (χ2n) is 5.57. The third-order valence-electron chi connectivity index (χ3n) is 4.08. The van der Waals surface area contributed by atoms with Crippen molar-refractivity contribution in [3.8, 4) is 22.6 Å². The van der Waals surface area contributed by atoms with E-state index >= 15 is 0 Å². The number of hydrogen-bond acceptors (Lipinski definition) is 4. The van der Waals surface area contributed by atoms with Crippen molar-refractivity contribution < 1.29 is 0 Å². The second-order valence-corrected chi connectivity index (χ2v) is 5.57. The van der Waals surface area contributed by atoms with E-state index in [2.05, 4.69) is 36.2 Å². The van der Waals surface area contributed by atoms with E-state index in [1.54, 1.807) is 18.6 Å². The van der Waals surface area contributed by atoms with Crippen molar-refractivity contribution in [1.82, 2.24) is 30.1 Å². The average Bonchev–Trinajstić information content (AvgIpc) is 3.25. The summed E-state index contributed by atoms with van der Waals surface area (Å²) in [4.78, 5) is 16.2. The molecule has 0 aromatic carbocycles. The van der Waals surface area contributed by atoms with Crippen LogP contribution in [0.3, 0.4) is 0 Å². The Kier molecular flexibility index (Phi) is 2.69. The van der Waals surface area contributed by atoms with Crippen LogP contribution in [-0.4, -0.2) is 30.1 Å². The molecule has 5 heterocycles. The van der Waals surface area contributed by atoms with E-state index < -0.39 is 0 Å². The molecule has 0 aliphatic rings. The molecule has 114 valence electrons. The molecule has 0 spiro atoms. The van der Waals surface area contributed by atoms with Crippen LogP contribution in [0.25, 0.3) is 44.5 Å². The van der Waals surface area contributed by atoms with Gasteiger partial charge in [-0.05, 0) is 30.3 Å². The Morgan fingerprint density at radius 3 is 2.71 bits per heavy atom. The van der Waals surface area contributed by atoms with E-state index in [0.717, 1.165) is 44.5 Å². The molecule has 0 aliphatic heterocycles. The summed E-state index contributed by atoms with van der Waals surface area (Å²) >= 11 is 0. The lowest BCUT2D eigenvalue weighted by Crippen LogP contribution is -1.85. The summed E-state index contributed by atoms with van der Waals surface area (Å²) in [5.74, 6) is 0. The number of pyridine rings is 3. The number of hydrogen-bond donors (Lipinski definition) is 2. The first-order valence-electron chi connectivity index (χ1n) is 7.56. The number of rotatable bonds is 2. The zero-order valence-corrected chi connectivity index (χ0v) is 12.6. The first-order valence-corrected chi connectivity index (χ1v) is 7.56. The highest BCUT2D eigenvalue weighted by Crippen LogP contribution is 2.30. The minimum atomic E-state index is 0.869. The molecule has 0 saturated carbocycles. The van der Waals surface area contributed by atoms with Crippen molar-refractivity contribution in [2.24, 2.45) is 0 Å². The van der Waals surface area contributed by atoms with E-state index in [1.165, 1.54) is 0 Å². The smallest absolute Gasteiger partial charge is 0.116 e. The van der Waals surface area contributed by atoms with Crippen molar-refractivity contribution in [2.45, 2.75) is 0 Å². The Morgan fingerprint density at radius 2 is 1.83 bits per heavy atom. The van der Waals surface area contributed by atoms with Gasteiger partial charge in [-0.15, -0.1) is 0 Å². The maximum atomic E-state index is 4.50. The van der Waals surface area contributed by atoms with Crippen LogP contribution in [0.5, 0.6) is 0 Å². The molecule has 24 heavy (non-hydrogen) atoms. The van der Waals surface area contributed by atoms with Crippen molar-refractivity contribution >= 4 is 21.8 Å². The van der Waals surface area contributed by atoms with Gasteiger partial charge in [-0.3, -0.25) is 20.1 Å². The van der Waals surface area contributed by atoms with E-state index in [-0.39, 0.29) is 0 Å². The first kappa shape index (κ1) is 13.0. The Bertz CT molecular complexity index is 1120. The van der Waals surface area contributed by atoms with Crippen molar-refractivity contribution in [3.63, 3.8) is 0 Å². The molecule has 5 rings (SSSR count). The van der Waals surface area contributed by atoms with Crippen LogP contribution in [0.2, 0.25) is 0 Å². The predicted octanol–water partition coefficient (Wildman–Crippen LogP) is 3.56. The summed E-state index contributed by atoms with van der Waals surface area (Å²) in [6, 6.07) is 10.00. The van der Waals surface area contributed by atoms with Crippen LogP contribution in [0, 0.1) is 0 Å². The summed E-state index contributed by atoms with van der Waals surface area (Å²) < 4.78 is 0. The highest BCUT2D eigenvalue weighted by molar-refractivity contribution is 5.96. The molecule has 0 aliphatic carbocycles. The highest BCUT2D eigenvalue weighted by atomic mass is 15.1. The molecular weight excluding hydrogens is 300 g/mol. The second kappa shape index (κ2) is 4.99.